The topological polar surface area (TPSA) is 75.1 Å². The normalized spacial score (nSPS) is 16.3. The fourth-order valence-electron chi connectivity index (χ4n) is 3.32. The number of aliphatic hydroxyl groups is 1. The molecule has 156 valence electrons. The Morgan fingerprint density at radius 3 is 2.66 bits per heavy atom. The molecular formula is C22H29N3O4. The summed E-state index contributed by atoms with van der Waals surface area (Å²) in [6, 6.07) is 12.8. The maximum atomic E-state index is 11.8. The number of nitrogens with zero attached hydrogens (tertiary/aromatic N) is 3. The Bertz CT molecular complexity index is 764. The highest BCUT2D eigenvalue weighted by molar-refractivity contribution is 5.89. The number of aromatic nitrogens is 1. The molecular weight excluding hydrogens is 370 g/mol. The van der Waals surface area contributed by atoms with E-state index in [4.69, 9.17) is 9.47 Å². The highest BCUT2D eigenvalue weighted by Crippen LogP contribution is 2.15. The zero-order chi connectivity index (χ0) is 20.5. The molecule has 2 heterocycles. The molecule has 0 saturated carbocycles. The molecule has 0 bridgehead atoms. The molecule has 1 N–H and O–H groups in total. The van der Waals surface area contributed by atoms with Crippen LogP contribution in [0.2, 0.25) is 0 Å². The second-order valence-electron chi connectivity index (χ2n) is 7.11. The first kappa shape index (κ1) is 21.2. The van der Waals surface area contributed by atoms with Gasteiger partial charge >= 0.3 is 5.97 Å². The molecule has 1 aromatic heterocycles. The molecule has 0 unspecified atom stereocenters. The van der Waals surface area contributed by atoms with Gasteiger partial charge in [0, 0.05) is 45.5 Å². The zero-order valence-corrected chi connectivity index (χ0v) is 16.9. The van der Waals surface area contributed by atoms with Gasteiger partial charge in [-0.3, -0.25) is 14.8 Å². The summed E-state index contributed by atoms with van der Waals surface area (Å²) in [6.07, 6.45) is 1.23. The highest BCUT2D eigenvalue weighted by Gasteiger charge is 2.20. The summed E-state index contributed by atoms with van der Waals surface area (Å²) in [6.45, 7) is 7.42. The third-order valence-electron chi connectivity index (χ3n) is 4.83. The van der Waals surface area contributed by atoms with E-state index in [2.05, 4.69) is 14.8 Å². The van der Waals surface area contributed by atoms with Crippen LogP contribution in [0.3, 0.4) is 0 Å². The van der Waals surface area contributed by atoms with Crippen LogP contribution in [0.1, 0.15) is 23.0 Å². The third kappa shape index (κ3) is 6.81. The van der Waals surface area contributed by atoms with Gasteiger partial charge in [-0.15, -0.1) is 0 Å². The van der Waals surface area contributed by atoms with E-state index in [1.807, 2.05) is 24.4 Å². The number of hydrogen-bond donors (Lipinski definition) is 1. The molecule has 0 spiro atoms. The number of hydrogen-bond acceptors (Lipinski definition) is 7. The lowest BCUT2D eigenvalue weighted by Gasteiger charge is -2.35. The number of aliphatic hydroxyl groups excluding tert-OH is 1. The molecule has 1 aliphatic heterocycles. The van der Waals surface area contributed by atoms with Crippen LogP contribution in [0.4, 0.5) is 0 Å². The van der Waals surface area contributed by atoms with E-state index in [0.717, 1.165) is 38.4 Å². The van der Waals surface area contributed by atoms with Gasteiger partial charge in [0.1, 0.15) is 18.5 Å². The smallest absolute Gasteiger partial charge is 0.338 e. The van der Waals surface area contributed by atoms with E-state index < -0.39 is 6.10 Å². The molecule has 0 radical (unpaired) electrons. The van der Waals surface area contributed by atoms with Gasteiger partial charge < -0.3 is 14.6 Å². The van der Waals surface area contributed by atoms with E-state index in [0.29, 0.717) is 24.5 Å². The summed E-state index contributed by atoms with van der Waals surface area (Å²) in [5, 5.41) is 10.3. The van der Waals surface area contributed by atoms with Gasteiger partial charge in [0.25, 0.3) is 0 Å². The number of carbonyl (C=O) groups is 1. The minimum absolute atomic E-state index is 0.181. The molecule has 1 saturated heterocycles. The molecule has 1 aliphatic rings. The summed E-state index contributed by atoms with van der Waals surface area (Å²) < 4.78 is 10.7. The fraction of sp³-hybridized carbons (Fsp3) is 0.455. The van der Waals surface area contributed by atoms with Crippen molar-refractivity contribution in [1.82, 2.24) is 14.8 Å². The average Bonchev–Trinajstić information content (AvgIpc) is 2.75. The molecule has 29 heavy (non-hydrogen) atoms. The van der Waals surface area contributed by atoms with Crippen LogP contribution in [-0.4, -0.2) is 77.9 Å². The van der Waals surface area contributed by atoms with Crippen LogP contribution in [-0.2, 0) is 11.3 Å². The van der Waals surface area contributed by atoms with Gasteiger partial charge in [-0.2, -0.15) is 0 Å². The van der Waals surface area contributed by atoms with E-state index in [-0.39, 0.29) is 12.6 Å². The minimum atomic E-state index is -0.594. The number of ether oxygens (including phenoxy) is 2. The first-order valence-corrected chi connectivity index (χ1v) is 10.1. The third-order valence-corrected chi connectivity index (χ3v) is 4.83. The summed E-state index contributed by atoms with van der Waals surface area (Å²) in [7, 11) is 0. The molecule has 1 fully saturated rings. The lowest BCUT2D eigenvalue weighted by atomic mass is 10.2. The second-order valence-corrected chi connectivity index (χ2v) is 7.11. The van der Waals surface area contributed by atoms with Crippen molar-refractivity contribution in [2.24, 2.45) is 0 Å². The monoisotopic (exact) mass is 399 g/mol. The average molecular weight is 399 g/mol. The minimum Gasteiger partial charge on any atom is -0.491 e. The Balaban J connectivity index is 1.39. The van der Waals surface area contributed by atoms with Crippen molar-refractivity contribution in [1.29, 1.82) is 0 Å². The van der Waals surface area contributed by atoms with Crippen LogP contribution < -0.4 is 4.74 Å². The highest BCUT2D eigenvalue weighted by atomic mass is 16.5. The molecule has 7 nitrogen and oxygen atoms in total. The molecule has 2 aromatic rings. The van der Waals surface area contributed by atoms with Crippen molar-refractivity contribution in [3.8, 4) is 5.75 Å². The lowest BCUT2D eigenvalue weighted by Crippen LogP contribution is -2.48. The lowest BCUT2D eigenvalue weighted by molar-refractivity contribution is 0.0442. The van der Waals surface area contributed by atoms with Crippen LogP contribution in [0.5, 0.6) is 5.75 Å². The predicted octanol–water partition coefficient (Wildman–Crippen LogP) is 1.82. The quantitative estimate of drug-likeness (QED) is 0.645. The Morgan fingerprint density at radius 1 is 1.14 bits per heavy atom. The van der Waals surface area contributed by atoms with Crippen LogP contribution in [0.25, 0.3) is 0 Å². The maximum Gasteiger partial charge on any atom is 0.338 e. The number of rotatable bonds is 9. The Labute approximate surface area is 171 Å². The van der Waals surface area contributed by atoms with E-state index in [1.54, 1.807) is 31.2 Å². The number of carbonyl (C=O) groups excluding carboxylic acids is 1. The second kappa shape index (κ2) is 10.9. The Kier molecular flexibility index (Phi) is 7.98. The van der Waals surface area contributed by atoms with E-state index in [9.17, 15) is 9.90 Å². The first-order chi connectivity index (χ1) is 14.1. The van der Waals surface area contributed by atoms with Gasteiger partial charge in [0.05, 0.1) is 17.9 Å². The number of benzene rings is 1. The van der Waals surface area contributed by atoms with Crippen LogP contribution >= 0.6 is 0 Å². The molecule has 0 amide bonds. The van der Waals surface area contributed by atoms with Crippen molar-refractivity contribution in [3.05, 3.63) is 59.9 Å². The van der Waals surface area contributed by atoms with E-state index >= 15 is 0 Å². The van der Waals surface area contributed by atoms with Gasteiger partial charge in [-0.05, 0) is 37.3 Å². The molecule has 0 aliphatic carbocycles. The summed E-state index contributed by atoms with van der Waals surface area (Å²) in [4.78, 5) is 20.8. The zero-order valence-electron chi connectivity index (χ0n) is 16.9. The number of piperazine rings is 1. The standard InChI is InChI=1S/C22H29N3O4/c1-2-28-22(27)18-6-5-8-21(14-18)29-17-20(26)16-25-12-10-24(11-13-25)15-19-7-3-4-9-23-19/h3-9,14,20,26H,2,10-13,15-17H2,1H3/t20-/m1/s1. The SMILES string of the molecule is CCOC(=O)c1cccc(OC[C@H](O)CN2CCN(Cc3ccccn3)CC2)c1. The van der Waals surface area contributed by atoms with Crippen LogP contribution in [0.15, 0.2) is 48.7 Å². The number of pyridine rings is 1. The van der Waals surface area contributed by atoms with Crippen molar-refractivity contribution >= 4 is 5.97 Å². The summed E-state index contributed by atoms with van der Waals surface area (Å²) >= 11 is 0. The molecule has 1 atom stereocenters. The summed E-state index contributed by atoms with van der Waals surface area (Å²) in [5.41, 5.74) is 1.53. The maximum absolute atomic E-state index is 11.8. The summed E-state index contributed by atoms with van der Waals surface area (Å²) in [5.74, 6) is 0.178. The van der Waals surface area contributed by atoms with Gasteiger partial charge in [-0.25, -0.2) is 4.79 Å². The fourth-order valence-corrected chi connectivity index (χ4v) is 3.32. The van der Waals surface area contributed by atoms with Crippen LogP contribution in [0, 0.1) is 0 Å². The van der Waals surface area contributed by atoms with Gasteiger partial charge in [0.2, 0.25) is 0 Å². The predicted molar refractivity (Wildman–Crippen MR) is 110 cm³/mol. The van der Waals surface area contributed by atoms with Crippen molar-refractivity contribution in [2.45, 2.75) is 19.6 Å². The Morgan fingerprint density at radius 2 is 1.93 bits per heavy atom. The molecule has 1 aromatic carbocycles. The van der Waals surface area contributed by atoms with Crippen molar-refractivity contribution in [3.63, 3.8) is 0 Å². The van der Waals surface area contributed by atoms with Crippen molar-refractivity contribution < 1.29 is 19.4 Å². The number of β-amino-alcohol motifs (C(OH)–C–C–N with tert-alkyl or cyclic N) is 1. The number of esters is 1. The molecule has 7 heteroatoms. The largest absolute Gasteiger partial charge is 0.491 e. The Hall–Kier alpha value is -2.48. The van der Waals surface area contributed by atoms with Crippen molar-refractivity contribution in [2.75, 3.05) is 45.9 Å². The first-order valence-electron chi connectivity index (χ1n) is 10.1. The molecule has 3 rings (SSSR count). The van der Waals surface area contributed by atoms with E-state index in [1.165, 1.54) is 0 Å². The van der Waals surface area contributed by atoms with Gasteiger partial charge in [-0.1, -0.05) is 12.1 Å². The van der Waals surface area contributed by atoms with Gasteiger partial charge in [0.15, 0.2) is 0 Å².